The lowest BCUT2D eigenvalue weighted by Crippen LogP contribution is -2.26. The van der Waals surface area contributed by atoms with E-state index in [9.17, 15) is 4.79 Å². The number of pyridine rings is 2. The number of rotatable bonds is 2. The van der Waals surface area contributed by atoms with Crippen LogP contribution in [-0.2, 0) is 11.3 Å². The van der Waals surface area contributed by atoms with Gasteiger partial charge in [0.2, 0.25) is 0 Å². The Morgan fingerprint density at radius 2 is 2.00 bits per heavy atom. The van der Waals surface area contributed by atoms with Gasteiger partial charge in [-0.3, -0.25) is 4.79 Å². The molecule has 0 N–H and O–H groups in total. The lowest BCUT2D eigenvalue weighted by molar-refractivity contribution is -0.117. The van der Waals surface area contributed by atoms with E-state index in [1.54, 1.807) is 35.2 Å². The number of carbonyl (C=O) groups excluding carboxylic acids is 1. The van der Waals surface area contributed by atoms with Crippen LogP contribution in [0.1, 0.15) is 5.56 Å². The van der Waals surface area contributed by atoms with Crippen molar-refractivity contribution in [1.82, 2.24) is 9.55 Å². The molecule has 0 atom stereocenters. The number of hydrogen-bond donors (Lipinski definition) is 0. The standard InChI is InChI=1S/C13H9Cl4N3O/c14-10-5-4-9(7-18-10)8-20-6-2-1-3-11(20)19-12(21)13(15,16)17/h1-7H,8H2/b19-11+. The summed E-state index contributed by atoms with van der Waals surface area (Å²) in [5.41, 5.74) is 1.28. The molecule has 0 spiro atoms. The van der Waals surface area contributed by atoms with E-state index in [1.807, 2.05) is 12.1 Å². The van der Waals surface area contributed by atoms with Crippen LogP contribution >= 0.6 is 46.4 Å². The Bertz CT molecular complexity index is 704. The predicted octanol–water partition coefficient (Wildman–Crippen LogP) is 3.38. The van der Waals surface area contributed by atoms with Crippen LogP contribution in [0.3, 0.4) is 0 Å². The van der Waals surface area contributed by atoms with E-state index < -0.39 is 9.70 Å². The zero-order chi connectivity index (χ0) is 15.5. The van der Waals surface area contributed by atoms with Gasteiger partial charge in [0, 0.05) is 12.4 Å². The third-order valence-corrected chi connectivity index (χ3v) is 3.23. The smallest absolute Gasteiger partial charge is 0.299 e. The Balaban J connectivity index is 2.35. The van der Waals surface area contributed by atoms with Gasteiger partial charge in [-0.05, 0) is 23.8 Å². The topological polar surface area (TPSA) is 47.2 Å². The minimum Gasteiger partial charge on any atom is -0.328 e. The zero-order valence-corrected chi connectivity index (χ0v) is 13.5. The van der Waals surface area contributed by atoms with Crippen molar-refractivity contribution in [2.45, 2.75) is 10.3 Å². The lowest BCUT2D eigenvalue weighted by atomic mass is 10.3. The molecule has 4 nitrogen and oxygen atoms in total. The van der Waals surface area contributed by atoms with Gasteiger partial charge in [0.1, 0.15) is 10.6 Å². The van der Waals surface area contributed by atoms with Gasteiger partial charge in [-0.1, -0.05) is 58.5 Å². The van der Waals surface area contributed by atoms with Crippen LogP contribution < -0.4 is 5.49 Å². The van der Waals surface area contributed by atoms with Gasteiger partial charge in [0.05, 0.1) is 6.54 Å². The van der Waals surface area contributed by atoms with Crippen LogP contribution in [-0.4, -0.2) is 19.3 Å². The summed E-state index contributed by atoms with van der Waals surface area (Å²) in [6, 6.07) is 8.71. The molecule has 0 saturated carbocycles. The van der Waals surface area contributed by atoms with Gasteiger partial charge in [0.15, 0.2) is 0 Å². The molecule has 2 rings (SSSR count). The third-order valence-electron chi connectivity index (χ3n) is 2.52. The molecule has 21 heavy (non-hydrogen) atoms. The third kappa shape index (κ3) is 4.71. The monoisotopic (exact) mass is 363 g/mol. The fourth-order valence-corrected chi connectivity index (χ4v) is 1.81. The number of nitrogens with zero attached hydrogens (tertiary/aromatic N) is 3. The van der Waals surface area contributed by atoms with Gasteiger partial charge in [-0.15, -0.1) is 0 Å². The summed E-state index contributed by atoms with van der Waals surface area (Å²) in [5, 5.41) is 0.410. The number of alkyl halides is 3. The Morgan fingerprint density at radius 1 is 1.24 bits per heavy atom. The number of hydrogen-bond acceptors (Lipinski definition) is 2. The molecule has 0 fully saturated rings. The van der Waals surface area contributed by atoms with Crippen molar-refractivity contribution in [3.63, 3.8) is 0 Å². The Hall–Kier alpha value is -1.07. The maximum atomic E-state index is 11.7. The van der Waals surface area contributed by atoms with Crippen molar-refractivity contribution < 1.29 is 4.79 Å². The number of aromatic nitrogens is 2. The first kappa shape index (κ1) is 16.3. The summed E-state index contributed by atoms with van der Waals surface area (Å²) in [4.78, 5) is 19.5. The van der Waals surface area contributed by atoms with Gasteiger partial charge >= 0.3 is 0 Å². The highest BCUT2D eigenvalue weighted by Crippen LogP contribution is 2.27. The number of halogens is 4. The molecule has 0 radical (unpaired) electrons. The zero-order valence-electron chi connectivity index (χ0n) is 10.5. The van der Waals surface area contributed by atoms with Crippen LogP contribution in [0.2, 0.25) is 5.15 Å². The molecule has 0 saturated heterocycles. The molecular weight excluding hydrogens is 356 g/mol. The summed E-state index contributed by atoms with van der Waals surface area (Å²) < 4.78 is -0.339. The molecule has 0 aliphatic carbocycles. The Morgan fingerprint density at radius 3 is 2.62 bits per heavy atom. The molecule has 2 heterocycles. The molecule has 0 aromatic carbocycles. The van der Waals surface area contributed by atoms with E-state index >= 15 is 0 Å². The van der Waals surface area contributed by atoms with Crippen molar-refractivity contribution in [1.29, 1.82) is 0 Å². The molecule has 0 aliphatic heterocycles. The highest BCUT2D eigenvalue weighted by atomic mass is 35.6. The van der Waals surface area contributed by atoms with Crippen LogP contribution in [0.5, 0.6) is 0 Å². The van der Waals surface area contributed by atoms with Gasteiger partial charge < -0.3 is 4.57 Å². The SMILES string of the molecule is O=C(/N=c1\ccccn1Cc1ccc(Cl)nc1)C(Cl)(Cl)Cl. The van der Waals surface area contributed by atoms with Gasteiger partial charge in [0.25, 0.3) is 9.70 Å². The van der Waals surface area contributed by atoms with Crippen molar-refractivity contribution in [2.24, 2.45) is 4.99 Å². The average Bonchev–Trinajstić information content (AvgIpc) is 2.42. The Kier molecular flexibility index (Phi) is 5.27. The van der Waals surface area contributed by atoms with E-state index in [0.717, 1.165) is 5.56 Å². The van der Waals surface area contributed by atoms with E-state index in [1.165, 1.54) is 0 Å². The van der Waals surface area contributed by atoms with Crippen LogP contribution in [0.15, 0.2) is 47.7 Å². The maximum Gasteiger partial charge on any atom is 0.299 e. The second-order valence-electron chi connectivity index (χ2n) is 4.09. The summed E-state index contributed by atoms with van der Waals surface area (Å²) in [6.45, 7) is 0.455. The summed E-state index contributed by atoms with van der Waals surface area (Å²) in [6.07, 6.45) is 3.40. The number of amides is 1. The van der Waals surface area contributed by atoms with Crippen molar-refractivity contribution in [3.05, 3.63) is 58.9 Å². The highest BCUT2D eigenvalue weighted by molar-refractivity contribution is 6.76. The average molecular weight is 365 g/mol. The normalized spacial score (nSPS) is 12.5. The van der Waals surface area contributed by atoms with Crippen LogP contribution in [0, 0.1) is 0 Å². The van der Waals surface area contributed by atoms with Crippen molar-refractivity contribution >= 4 is 52.3 Å². The second-order valence-corrected chi connectivity index (χ2v) is 6.76. The van der Waals surface area contributed by atoms with E-state index in [2.05, 4.69) is 9.98 Å². The lowest BCUT2D eigenvalue weighted by Gasteiger charge is -2.08. The summed E-state index contributed by atoms with van der Waals surface area (Å²) >= 11 is 22.3. The fraction of sp³-hybridized carbons (Fsp3) is 0.154. The molecule has 110 valence electrons. The first-order chi connectivity index (χ1) is 9.86. The summed E-state index contributed by atoms with van der Waals surface area (Å²) in [7, 11) is 0. The number of carbonyl (C=O) groups is 1. The first-order valence-electron chi connectivity index (χ1n) is 5.78. The molecule has 0 unspecified atom stereocenters. The minimum absolute atomic E-state index is 0.378. The predicted molar refractivity (Wildman–Crippen MR) is 83.6 cm³/mol. The minimum atomic E-state index is -2.07. The molecule has 0 aliphatic rings. The molecule has 8 heteroatoms. The molecule has 1 amide bonds. The summed E-state index contributed by atoms with van der Waals surface area (Å²) in [5.74, 6) is -0.846. The van der Waals surface area contributed by atoms with E-state index in [-0.39, 0.29) is 0 Å². The van der Waals surface area contributed by atoms with Crippen molar-refractivity contribution in [3.8, 4) is 0 Å². The van der Waals surface area contributed by atoms with Crippen LogP contribution in [0.4, 0.5) is 0 Å². The van der Waals surface area contributed by atoms with Gasteiger partial charge in [-0.2, -0.15) is 4.99 Å². The second kappa shape index (κ2) is 6.79. The first-order valence-corrected chi connectivity index (χ1v) is 7.29. The fourth-order valence-electron chi connectivity index (χ4n) is 1.57. The molecular formula is C13H9Cl4N3O. The van der Waals surface area contributed by atoms with E-state index in [4.69, 9.17) is 46.4 Å². The quantitative estimate of drug-likeness (QED) is 0.605. The highest BCUT2D eigenvalue weighted by Gasteiger charge is 2.30. The Labute approximate surface area is 141 Å². The largest absolute Gasteiger partial charge is 0.328 e. The van der Waals surface area contributed by atoms with E-state index in [0.29, 0.717) is 17.2 Å². The van der Waals surface area contributed by atoms with Crippen molar-refractivity contribution in [2.75, 3.05) is 0 Å². The molecule has 2 aromatic heterocycles. The maximum absolute atomic E-state index is 11.7. The van der Waals surface area contributed by atoms with Gasteiger partial charge in [-0.25, -0.2) is 4.98 Å². The van der Waals surface area contributed by atoms with Crippen LogP contribution in [0.25, 0.3) is 0 Å². The molecule has 0 bridgehead atoms. The molecule has 2 aromatic rings.